The molecule has 1 atom stereocenters. The van der Waals surface area contributed by atoms with Crippen molar-refractivity contribution in [1.82, 2.24) is 15.0 Å². The molecule has 7 heteroatoms. The number of rotatable bonds is 3. The Kier molecular flexibility index (Phi) is 5.06. The van der Waals surface area contributed by atoms with E-state index in [9.17, 15) is 9.18 Å². The van der Waals surface area contributed by atoms with Crippen LogP contribution in [0.4, 0.5) is 14.9 Å². The van der Waals surface area contributed by atoms with Gasteiger partial charge in [0.25, 0.3) is 0 Å². The van der Waals surface area contributed by atoms with Crippen molar-refractivity contribution in [3.63, 3.8) is 0 Å². The van der Waals surface area contributed by atoms with Crippen LogP contribution in [-0.4, -0.2) is 27.6 Å². The Bertz CT molecular complexity index is 988. The number of nitrogens with one attached hydrogen (secondary N) is 1. The van der Waals surface area contributed by atoms with E-state index in [4.69, 9.17) is 4.52 Å². The number of likely N-dealkylation sites (tertiary alicyclic amines) is 1. The third-order valence-corrected chi connectivity index (χ3v) is 4.84. The maximum atomic E-state index is 13.4. The van der Waals surface area contributed by atoms with Gasteiger partial charge in [0, 0.05) is 17.8 Å². The van der Waals surface area contributed by atoms with Crippen LogP contribution in [-0.2, 0) is 0 Å². The lowest BCUT2D eigenvalue weighted by atomic mass is 10.0. The van der Waals surface area contributed by atoms with Crippen LogP contribution in [0, 0.1) is 12.7 Å². The third kappa shape index (κ3) is 3.88. The van der Waals surface area contributed by atoms with Crippen LogP contribution in [0.2, 0.25) is 0 Å². The van der Waals surface area contributed by atoms with Gasteiger partial charge in [0.05, 0.1) is 0 Å². The minimum absolute atomic E-state index is 0.298. The molecule has 1 fully saturated rings. The fourth-order valence-corrected chi connectivity index (χ4v) is 3.46. The smallest absolute Gasteiger partial charge is 0.322 e. The zero-order chi connectivity index (χ0) is 19.5. The molecule has 6 nitrogen and oxygen atoms in total. The molecule has 2 heterocycles. The molecule has 4 rings (SSSR count). The molecule has 1 N–H and O–H groups in total. The SMILES string of the molecule is Cc1cccc(-c2noc([C@@H]3CCCCN3C(=O)Nc3cccc(F)c3)n2)c1. The van der Waals surface area contributed by atoms with E-state index in [-0.39, 0.29) is 12.1 Å². The van der Waals surface area contributed by atoms with E-state index in [1.54, 1.807) is 17.0 Å². The molecule has 0 radical (unpaired) electrons. The second-order valence-electron chi connectivity index (χ2n) is 6.97. The van der Waals surface area contributed by atoms with Gasteiger partial charge < -0.3 is 14.7 Å². The Hall–Kier alpha value is -3.22. The summed E-state index contributed by atoms with van der Waals surface area (Å²) in [7, 11) is 0. The summed E-state index contributed by atoms with van der Waals surface area (Å²) < 4.78 is 18.9. The molecule has 3 aromatic rings. The van der Waals surface area contributed by atoms with Crippen molar-refractivity contribution in [2.24, 2.45) is 0 Å². The lowest BCUT2D eigenvalue weighted by Crippen LogP contribution is -2.41. The number of nitrogens with zero attached hydrogens (tertiary/aromatic N) is 3. The van der Waals surface area contributed by atoms with E-state index in [1.165, 1.54) is 12.1 Å². The van der Waals surface area contributed by atoms with Crippen molar-refractivity contribution in [3.05, 3.63) is 65.8 Å². The van der Waals surface area contributed by atoms with Crippen molar-refractivity contribution in [3.8, 4) is 11.4 Å². The Morgan fingerprint density at radius 3 is 2.89 bits per heavy atom. The fourth-order valence-electron chi connectivity index (χ4n) is 3.46. The zero-order valence-corrected chi connectivity index (χ0v) is 15.6. The highest BCUT2D eigenvalue weighted by atomic mass is 19.1. The molecule has 28 heavy (non-hydrogen) atoms. The van der Waals surface area contributed by atoms with Crippen molar-refractivity contribution in [1.29, 1.82) is 0 Å². The van der Waals surface area contributed by atoms with Crippen molar-refractivity contribution in [2.45, 2.75) is 32.2 Å². The summed E-state index contributed by atoms with van der Waals surface area (Å²) in [6.45, 7) is 2.58. The Morgan fingerprint density at radius 2 is 2.07 bits per heavy atom. The summed E-state index contributed by atoms with van der Waals surface area (Å²) in [6, 6.07) is 13.1. The second kappa shape index (κ2) is 7.80. The first kappa shape index (κ1) is 18.2. The Morgan fingerprint density at radius 1 is 1.21 bits per heavy atom. The standard InChI is InChI=1S/C21H21FN4O2/c1-14-6-4-7-15(12-14)19-24-20(28-25-19)18-10-2-3-11-26(18)21(27)23-17-9-5-8-16(22)13-17/h4-9,12-13,18H,2-3,10-11H2,1H3,(H,23,27)/t18-/m0/s1. The molecule has 0 bridgehead atoms. The summed E-state index contributed by atoms with van der Waals surface area (Å²) in [4.78, 5) is 19.0. The highest BCUT2D eigenvalue weighted by molar-refractivity contribution is 5.89. The molecule has 0 spiro atoms. The lowest BCUT2D eigenvalue weighted by molar-refractivity contribution is 0.142. The van der Waals surface area contributed by atoms with Crippen LogP contribution < -0.4 is 5.32 Å². The first-order chi connectivity index (χ1) is 13.6. The number of hydrogen-bond acceptors (Lipinski definition) is 4. The van der Waals surface area contributed by atoms with E-state index in [0.717, 1.165) is 30.4 Å². The van der Waals surface area contributed by atoms with Gasteiger partial charge in [-0.25, -0.2) is 9.18 Å². The number of benzene rings is 2. The molecule has 2 aromatic carbocycles. The van der Waals surface area contributed by atoms with Gasteiger partial charge >= 0.3 is 6.03 Å². The number of piperidine rings is 1. The van der Waals surface area contributed by atoms with Crippen LogP contribution in [0.3, 0.4) is 0 Å². The number of aromatic nitrogens is 2. The Balaban J connectivity index is 1.55. The molecule has 144 valence electrons. The van der Waals surface area contributed by atoms with Crippen LogP contribution >= 0.6 is 0 Å². The number of carbonyl (C=O) groups excluding carboxylic acids is 1. The van der Waals surface area contributed by atoms with Crippen molar-refractivity contribution >= 4 is 11.7 Å². The molecule has 1 aliphatic rings. The van der Waals surface area contributed by atoms with Gasteiger partial charge in [0.2, 0.25) is 11.7 Å². The normalized spacial score (nSPS) is 16.8. The highest BCUT2D eigenvalue weighted by Crippen LogP contribution is 2.31. The molecule has 2 amide bonds. The van der Waals surface area contributed by atoms with Gasteiger partial charge in [-0.3, -0.25) is 0 Å². The molecule has 0 unspecified atom stereocenters. The highest BCUT2D eigenvalue weighted by Gasteiger charge is 2.32. The number of anilines is 1. The van der Waals surface area contributed by atoms with Gasteiger partial charge in [-0.1, -0.05) is 35.0 Å². The molecule has 1 aromatic heterocycles. The minimum atomic E-state index is -0.396. The number of amides is 2. The predicted octanol–water partition coefficient (Wildman–Crippen LogP) is 4.94. The minimum Gasteiger partial charge on any atom is -0.337 e. The second-order valence-corrected chi connectivity index (χ2v) is 6.97. The molecule has 1 saturated heterocycles. The van der Waals surface area contributed by atoms with Gasteiger partial charge in [-0.05, 0) is 50.5 Å². The number of urea groups is 1. The summed E-state index contributed by atoms with van der Waals surface area (Å²) in [5.41, 5.74) is 2.40. The van der Waals surface area contributed by atoms with Crippen molar-refractivity contribution in [2.75, 3.05) is 11.9 Å². The molecular formula is C21H21FN4O2. The summed E-state index contributed by atoms with van der Waals surface area (Å²) in [5, 5.41) is 6.85. The largest absolute Gasteiger partial charge is 0.337 e. The zero-order valence-electron chi connectivity index (χ0n) is 15.6. The van der Waals surface area contributed by atoms with E-state index in [0.29, 0.717) is 23.9 Å². The lowest BCUT2D eigenvalue weighted by Gasteiger charge is -2.33. The van der Waals surface area contributed by atoms with Gasteiger partial charge in [0.15, 0.2) is 0 Å². The predicted molar refractivity (Wildman–Crippen MR) is 103 cm³/mol. The number of aryl methyl sites for hydroxylation is 1. The number of halogens is 1. The summed E-state index contributed by atoms with van der Waals surface area (Å²) >= 11 is 0. The van der Waals surface area contributed by atoms with E-state index in [2.05, 4.69) is 15.5 Å². The van der Waals surface area contributed by atoms with Crippen LogP contribution in [0.1, 0.15) is 36.8 Å². The van der Waals surface area contributed by atoms with E-state index in [1.807, 2.05) is 31.2 Å². The summed E-state index contributed by atoms with van der Waals surface area (Å²) in [5.74, 6) is 0.535. The van der Waals surface area contributed by atoms with E-state index < -0.39 is 5.82 Å². The van der Waals surface area contributed by atoms with Gasteiger partial charge in [-0.15, -0.1) is 0 Å². The maximum Gasteiger partial charge on any atom is 0.322 e. The quantitative estimate of drug-likeness (QED) is 0.698. The maximum absolute atomic E-state index is 13.4. The van der Waals surface area contributed by atoms with Crippen LogP contribution in [0.5, 0.6) is 0 Å². The topological polar surface area (TPSA) is 71.3 Å². The first-order valence-electron chi connectivity index (χ1n) is 9.34. The average Bonchev–Trinajstić information content (AvgIpc) is 3.18. The molecule has 1 aliphatic heterocycles. The number of hydrogen-bond donors (Lipinski definition) is 1. The third-order valence-electron chi connectivity index (χ3n) is 4.84. The molecular weight excluding hydrogens is 359 g/mol. The fraction of sp³-hybridized carbons (Fsp3) is 0.286. The van der Waals surface area contributed by atoms with E-state index >= 15 is 0 Å². The van der Waals surface area contributed by atoms with Crippen LogP contribution in [0.25, 0.3) is 11.4 Å². The monoisotopic (exact) mass is 380 g/mol. The average molecular weight is 380 g/mol. The first-order valence-corrected chi connectivity index (χ1v) is 9.34. The molecule has 0 aliphatic carbocycles. The van der Waals surface area contributed by atoms with Crippen molar-refractivity contribution < 1.29 is 13.7 Å². The summed E-state index contributed by atoms with van der Waals surface area (Å²) in [6.07, 6.45) is 2.61. The van der Waals surface area contributed by atoms with Crippen LogP contribution in [0.15, 0.2) is 53.1 Å². The molecule has 0 saturated carbocycles. The Labute approximate surface area is 162 Å². The van der Waals surface area contributed by atoms with Gasteiger partial charge in [0.1, 0.15) is 11.9 Å². The number of carbonyl (C=O) groups is 1. The van der Waals surface area contributed by atoms with Gasteiger partial charge in [-0.2, -0.15) is 4.98 Å².